The standard InChI is InChI=1S/C23H20N4OS2/c1-16(22(28)24-15-19-13-8-14-29-19)30-23-25-20(17-9-4-2-5-10-17)21(26-27-23)18-11-6-3-7-12-18/h2-14,16H,15H2,1H3,(H,24,28)/t16-/m0/s1. The quantitative estimate of drug-likeness (QED) is 0.413. The molecule has 1 N–H and O–H groups in total. The number of thiophene rings is 1. The third-order valence-corrected chi connectivity index (χ3v) is 6.26. The molecule has 150 valence electrons. The number of carbonyl (C=O) groups excluding carboxylic acids is 1. The highest BCUT2D eigenvalue weighted by molar-refractivity contribution is 8.00. The van der Waals surface area contributed by atoms with Crippen LogP contribution in [0.5, 0.6) is 0 Å². The molecule has 0 radical (unpaired) electrons. The molecule has 7 heteroatoms. The normalized spacial score (nSPS) is 11.8. The number of nitrogens with one attached hydrogen (secondary N) is 1. The second-order valence-electron chi connectivity index (χ2n) is 6.58. The van der Waals surface area contributed by atoms with Gasteiger partial charge in [-0.05, 0) is 18.4 Å². The number of amides is 1. The number of hydrogen-bond acceptors (Lipinski definition) is 6. The summed E-state index contributed by atoms with van der Waals surface area (Å²) < 4.78 is 0. The van der Waals surface area contributed by atoms with Crippen LogP contribution in [0.25, 0.3) is 22.5 Å². The first-order chi connectivity index (χ1) is 14.7. The Hall–Kier alpha value is -3.03. The van der Waals surface area contributed by atoms with Gasteiger partial charge in [-0.25, -0.2) is 4.98 Å². The van der Waals surface area contributed by atoms with E-state index >= 15 is 0 Å². The number of hydrogen-bond donors (Lipinski definition) is 1. The lowest BCUT2D eigenvalue weighted by atomic mass is 10.0. The van der Waals surface area contributed by atoms with Gasteiger partial charge in [0.05, 0.1) is 11.8 Å². The van der Waals surface area contributed by atoms with Crippen LogP contribution < -0.4 is 5.32 Å². The highest BCUT2D eigenvalue weighted by atomic mass is 32.2. The van der Waals surface area contributed by atoms with Crippen LogP contribution in [0.4, 0.5) is 0 Å². The van der Waals surface area contributed by atoms with Crippen molar-refractivity contribution in [3.05, 3.63) is 83.1 Å². The van der Waals surface area contributed by atoms with Crippen molar-refractivity contribution in [2.75, 3.05) is 0 Å². The molecule has 4 aromatic rings. The summed E-state index contributed by atoms with van der Waals surface area (Å²) in [6.07, 6.45) is 0. The molecule has 0 saturated carbocycles. The zero-order valence-electron chi connectivity index (χ0n) is 16.4. The number of thioether (sulfide) groups is 1. The van der Waals surface area contributed by atoms with Gasteiger partial charge < -0.3 is 5.32 Å². The maximum absolute atomic E-state index is 12.5. The third-order valence-electron chi connectivity index (χ3n) is 4.43. The molecule has 0 bridgehead atoms. The molecule has 5 nitrogen and oxygen atoms in total. The summed E-state index contributed by atoms with van der Waals surface area (Å²) >= 11 is 2.93. The van der Waals surface area contributed by atoms with Crippen molar-refractivity contribution in [3.63, 3.8) is 0 Å². The van der Waals surface area contributed by atoms with E-state index in [2.05, 4.69) is 15.5 Å². The largest absolute Gasteiger partial charge is 0.350 e. The molecule has 2 heterocycles. The molecule has 0 aliphatic heterocycles. The average molecular weight is 433 g/mol. The van der Waals surface area contributed by atoms with E-state index in [-0.39, 0.29) is 11.2 Å². The summed E-state index contributed by atoms with van der Waals surface area (Å²) in [5.74, 6) is -0.0506. The van der Waals surface area contributed by atoms with Gasteiger partial charge in [0.15, 0.2) is 0 Å². The van der Waals surface area contributed by atoms with E-state index in [1.165, 1.54) is 11.8 Å². The minimum atomic E-state index is -0.335. The monoisotopic (exact) mass is 432 g/mol. The molecule has 0 aliphatic rings. The third kappa shape index (κ3) is 4.93. The second-order valence-corrected chi connectivity index (χ2v) is 8.92. The molecule has 2 aromatic heterocycles. The van der Waals surface area contributed by atoms with Crippen molar-refractivity contribution in [3.8, 4) is 22.5 Å². The molecule has 30 heavy (non-hydrogen) atoms. The Bertz CT molecular complexity index is 1100. The number of benzene rings is 2. The summed E-state index contributed by atoms with van der Waals surface area (Å²) in [7, 11) is 0. The Labute approximate surface area is 183 Å². The van der Waals surface area contributed by atoms with Crippen molar-refractivity contribution in [1.82, 2.24) is 20.5 Å². The van der Waals surface area contributed by atoms with Gasteiger partial charge in [0.2, 0.25) is 11.1 Å². The average Bonchev–Trinajstić information content (AvgIpc) is 3.32. The zero-order valence-corrected chi connectivity index (χ0v) is 18.0. The summed E-state index contributed by atoms with van der Waals surface area (Å²) in [5.41, 5.74) is 3.39. The molecule has 1 amide bonds. The van der Waals surface area contributed by atoms with E-state index < -0.39 is 0 Å². The van der Waals surface area contributed by atoms with E-state index in [1.54, 1.807) is 11.3 Å². The fourth-order valence-electron chi connectivity index (χ4n) is 2.89. The van der Waals surface area contributed by atoms with Gasteiger partial charge >= 0.3 is 0 Å². The Morgan fingerprint density at radius 2 is 1.60 bits per heavy atom. The predicted octanol–water partition coefficient (Wildman–Crippen LogP) is 5.06. The maximum Gasteiger partial charge on any atom is 0.233 e. The number of carbonyl (C=O) groups is 1. The second kappa shape index (κ2) is 9.65. The highest BCUT2D eigenvalue weighted by Gasteiger charge is 2.19. The van der Waals surface area contributed by atoms with Gasteiger partial charge in [-0.15, -0.1) is 21.5 Å². The molecule has 4 rings (SSSR count). The molecule has 0 fully saturated rings. The van der Waals surface area contributed by atoms with Crippen LogP contribution in [-0.4, -0.2) is 26.3 Å². The van der Waals surface area contributed by atoms with Crippen molar-refractivity contribution in [2.24, 2.45) is 0 Å². The Kier molecular flexibility index (Phi) is 6.51. The van der Waals surface area contributed by atoms with Crippen LogP contribution in [0.2, 0.25) is 0 Å². The smallest absolute Gasteiger partial charge is 0.233 e. The van der Waals surface area contributed by atoms with Crippen LogP contribution in [0.1, 0.15) is 11.8 Å². The van der Waals surface area contributed by atoms with E-state index in [0.717, 1.165) is 27.4 Å². The molecule has 0 aliphatic carbocycles. The summed E-state index contributed by atoms with van der Waals surface area (Å²) in [5, 5.41) is 13.9. The van der Waals surface area contributed by atoms with Gasteiger partial charge in [-0.1, -0.05) is 78.5 Å². The molecular formula is C23H20N4OS2. The number of rotatable bonds is 7. The van der Waals surface area contributed by atoms with Gasteiger partial charge in [-0.3, -0.25) is 4.79 Å². The van der Waals surface area contributed by atoms with Crippen LogP contribution in [0.3, 0.4) is 0 Å². The molecule has 0 unspecified atom stereocenters. The summed E-state index contributed by atoms with van der Waals surface area (Å²) in [4.78, 5) is 18.4. The fraction of sp³-hybridized carbons (Fsp3) is 0.130. The van der Waals surface area contributed by atoms with Crippen molar-refractivity contribution >= 4 is 29.0 Å². The van der Waals surface area contributed by atoms with Crippen molar-refractivity contribution < 1.29 is 4.79 Å². The number of aromatic nitrogens is 3. The predicted molar refractivity (Wildman–Crippen MR) is 122 cm³/mol. The van der Waals surface area contributed by atoms with E-state index in [0.29, 0.717) is 11.7 Å². The molecule has 0 spiro atoms. The molecule has 2 aromatic carbocycles. The van der Waals surface area contributed by atoms with Crippen molar-refractivity contribution in [2.45, 2.75) is 23.9 Å². The molecule has 0 saturated heterocycles. The van der Waals surface area contributed by atoms with E-state index in [9.17, 15) is 4.79 Å². The van der Waals surface area contributed by atoms with Gasteiger partial charge in [0, 0.05) is 16.0 Å². The topological polar surface area (TPSA) is 67.8 Å². The minimum Gasteiger partial charge on any atom is -0.350 e. The maximum atomic E-state index is 12.5. The Balaban J connectivity index is 1.56. The van der Waals surface area contributed by atoms with Gasteiger partial charge in [0.1, 0.15) is 11.4 Å². The van der Waals surface area contributed by atoms with Crippen LogP contribution in [0.15, 0.2) is 83.3 Å². The van der Waals surface area contributed by atoms with Gasteiger partial charge in [0.25, 0.3) is 0 Å². The number of nitrogens with zero attached hydrogens (tertiary/aromatic N) is 3. The highest BCUT2D eigenvalue weighted by Crippen LogP contribution is 2.30. The SMILES string of the molecule is C[C@H](Sc1nnc(-c2ccccc2)c(-c2ccccc2)n1)C(=O)NCc1cccs1. The van der Waals surface area contributed by atoms with Crippen LogP contribution >= 0.6 is 23.1 Å². The fourth-order valence-corrected chi connectivity index (χ4v) is 4.27. The lowest BCUT2D eigenvalue weighted by Crippen LogP contribution is -2.30. The lowest BCUT2D eigenvalue weighted by Gasteiger charge is -2.12. The zero-order chi connectivity index (χ0) is 20.8. The summed E-state index contributed by atoms with van der Waals surface area (Å²) in [6, 6.07) is 23.8. The summed E-state index contributed by atoms with van der Waals surface area (Å²) in [6.45, 7) is 2.38. The first-order valence-electron chi connectivity index (χ1n) is 9.53. The van der Waals surface area contributed by atoms with E-state index in [1.807, 2.05) is 85.1 Å². The van der Waals surface area contributed by atoms with E-state index in [4.69, 9.17) is 4.98 Å². The lowest BCUT2D eigenvalue weighted by molar-refractivity contribution is -0.120. The first kappa shape index (κ1) is 20.3. The minimum absolute atomic E-state index is 0.0506. The first-order valence-corrected chi connectivity index (χ1v) is 11.3. The van der Waals surface area contributed by atoms with Crippen molar-refractivity contribution in [1.29, 1.82) is 0 Å². The molecule has 1 atom stereocenters. The van der Waals surface area contributed by atoms with Crippen LogP contribution in [-0.2, 0) is 11.3 Å². The molecular weight excluding hydrogens is 412 g/mol. The Morgan fingerprint density at radius 1 is 0.933 bits per heavy atom. The Morgan fingerprint density at radius 3 is 2.23 bits per heavy atom. The van der Waals surface area contributed by atoms with Crippen LogP contribution in [0, 0.1) is 0 Å². The van der Waals surface area contributed by atoms with Gasteiger partial charge in [-0.2, -0.15) is 0 Å².